The summed E-state index contributed by atoms with van der Waals surface area (Å²) >= 11 is 6.73. The maximum absolute atomic E-state index is 5.33. The Labute approximate surface area is 88.3 Å². The second kappa shape index (κ2) is 4.84. The highest BCUT2D eigenvalue weighted by Gasteiger charge is 1.97. The first-order valence-electron chi connectivity index (χ1n) is 3.51. The number of benzene rings is 1. The number of hydrogen-bond donors (Lipinski definition) is 1. The van der Waals surface area contributed by atoms with E-state index in [1.54, 1.807) is 0 Å². The highest BCUT2D eigenvalue weighted by molar-refractivity contribution is 9.11. The van der Waals surface area contributed by atoms with Crippen LogP contribution in [0.1, 0.15) is 0 Å². The van der Waals surface area contributed by atoms with E-state index in [1.807, 2.05) is 18.2 Å². The Bertz CT molecular complexity index is 245. The van der Waals surface area contributed by atoms with Gasteiger partial charge in [0.05, 0.1) is 0 Å². The summed E-state index contributed by atoms with van der Waals surface area (Å²) in [6.07, 6.45) is 0. The number of rotatable bonds is 3. The van der Waals surface area contributed by atoms with Crippen molar-refractivity contribution in [2.75, 3.05) is 13.2 Å². The summed E-state index contributed by atoms with van der Waals surface area (Å²) < 4.78 is 7.31. The van der Waals surface area contributed by atoms with Crippen molar-refractivity contribution < 1.29 is 4.74 Å². The predicted octanol–water partition coefficient (Wildman–Crippen LogP) is 2.55. The molecule has 0 fully saturated rings. The standard InChI is InChI=1S/C8H9Br2NO/c9-6-3-7(10)5-8(4-6)12-2-1-11/h3-5H,1-2,11H2. The zero-order chi connectivity index (χ0) is 8.97. The van der Waals surface area contributed by atoms with E-state index in [0.29, 0.717) is 13.2 Å². The first-order chi connectivity index (χ1) is 5.72. The molecular weight excluding hydrogens is 286 g/mol. The maximum atomic E-state index is 5.33. The summed E-state index contributed by atoms with van der Waals surface area (Å²) in [5.74, 6) is 0.821. The number of ether oxygens (including phenoxy) is 1. The van der Waals surface area contributed by atoms with Gasteiger partial charge in [0.15, 0.2) is 0 Å². The maximum Gasteiger partial charge on any atom is 0.121 e. The normalized spacial score (nSPS) is 9.92. The van der Waals surface area contributed by atoms with E-state index in [9.17, 15) is 0 Å². The van der Waals surface area contributed by atoms with Crippen molar-refractivity contribution in [2.24, 2.45) is 5.73 Å². The van der Waals surface area contributed by atoms with Gasteiger partial charge >= 0.3 is 0 Å². The number of halogens is 2. The SMILES string of the molecule is NCCOc1cc(Br)cc(Br)c1. The zero-order valence-electron chi connectivity index (χ0n) is 6.39. The molecule has 0 spiro atoms. The molecule has 4 heteroatoms. The summed E-state index contributed by atoms with van der Waals surface area (Å²) in [7, 11) is 0. The van der Waals surface area contributed by atoms with Gasteiger partial charge in [0, 0.05) is 15.5 Å². The van der Waals surface area contributed by atoms with Crippen molar-refractivity contribution in [3.63, 3.8) is 0 Å². The molecule has 2 nitrogen and oxygen atoms in total. The molecule has 0 atom stereocenters. The summed E-state index contributed by atoms with van der Waals surface area (Å²) in [4.78, 5) is 0. The Hall–Kier alpha value is -0.0600. The fourth-order valence-electron chi connectivity index (χ4n) is 0.789. The summed E-state index contributed by atoms with van der Waals surface area (Å²) in [5.41, 5.74) is 5.30. The zero-order valence-corrected chi connectivity index (χ0v) is 9.56. The lowest BCUT2D eigenvalue weighted by atomic mass is 10.3. The van der Waals surface area contributed by atoms with Gasteiger partial charge in [-0.3, -0.25) is 0 Å². The van der Waals surface area contributed by atoms with Gasteiger partial charge < -0.3 is 10.5 Å². The molecule has 1 aromatic rings. The Balaban J connectivity index is 2.72. The molecule has 0 unspecified atom stereocenters. The molecule has 0 saturated heterocycles. The van der Waals surface area contributed by atoms with Crippen LogP contribution in [-0.4, -0.2) is 13.2 Å². The third-order valence-electron chi connectivity index (χ3n) is 1.22. The van der Waals surface area contributed by atoms with Crippen molar-refractivity contribution in [1.82, 2.24) is 0 Å². The van der Waals surface area contributed by atoms with E-state index >= 15 is 0 Å². The van der Waals surface area contributed by atoms with Gasteiger partial charge in [-0.05, 0) is 18.2 Å². The molecule has 0 bridgehead atoms. The average Bonchev–Trinajstić information content (AvgIpc) is 1.99. The van der Waals surface area contributed by atoms with Crippen LogP contribution < -0.4 is 10.5 Å². The van der Waals surface area contributed by atoms with Gasteiger partial charge in [0.1, 0.15) is 12.4 Å². The van der Waals surface area contributed by atoms with Crippen LogP contribution in [-0.2, 0) is 0 Å². The van der Waals surface area contributed by atoms with Crippen LogP contribution in [0.5, 0.6) is 5.75 Å². The fourth-order valence-corrected chi connectivity index (χ4v) is 2.04. The molecule has 0 heterocycles. The smallest absolute Gasteiger partial charge is 0.121 e. The highest BCUT2D eigenvalue weighted by atomic mass is 79.9. The monoisotopic (exact) mass is 293 g/mol. The molecule has 12 heavy (non-hydrogen) atoms. The van der Waals surface area contributed by atoms with E-state index in [1.165, 1.54) is 0 Å². The largest absolute Gasteiger partial charge is 0.492 e. The van der Waals surface area contributed by atoms with Crippen molar-refractivity contribution in [3.05, 3.63) is 27.1 Å². The van der Waals surface area contributed by atoms with Gasteiger partial charge in [-0.1, -0.05) is 31.9 Å². The second-order valence-corrected chi connectivity index (χ2v) is 4.07. The molecule has 1 rings (SSSR count). The molecule has 66 valence electrons. The van der Waals surface area contributed by atoms with Crippen LogP contribution in [0.2, 0.25) is 0 Å². The molecule has 0 aliphatic heterocycles. The fraction of sp³-hybridized carbons (Fsp3) is 0.250. The van der Waals surface area contributed by atoms with E-state index < -0.39 is 0 Å². The Kier molecular flexibility index (Phi) is 4.05. The van der Waals surface area contributed by atoms with Gasteiger partial charge in [-0.2, -0.15) is 0 Å². The molecule has 0 aliphatic rings. The van der Waals surface area contributed by atoms with Crippen molar-refractivity contribution in [1.29, 1.82) is 0 Å². The van der Waals surface area contributed by atoms with Crippen LogP contribution in [0.4, 0.5) is 0 Å². The Morgan fingerprint density at radius 1 is 1.17 bits per heavy atom. The highest BCUT2D eigenvalue weighted by Crippen LogP contribution is 2.24. The van der Waals surface area contributed by atoms with Crippen molar-refractivity contribution in [3.8, 4) is 5.75 Å². The van der Waals surface area contributed by atoms with E-state index in [4.69, 9.17) is 10.5 Å². The first-order valence-corrected chi connectivity index (χ1v) is 5.10. The first kappa shape index (κ1) is 10.0. The molecule has 0 aromatic heterocycles. The molecule has 0 amide bonds. The molecule has 2 N–H and O–H groups in total. The summed E-state index contributed by atoms with van der Waals surface area (Å²) in [6, 6.07) is 5.76. The number of nitrogens with two attached hydrogens (primary N) is 1. The van der Waals surface area contributed by atoms with Crippen molar-refractivity contribution in [2.45, 2.75) is 0 Å². The lowest BCUT2D eigenvalue weighted by Gasteiger charge is -2.04. The van der Waals surface area contributed by atoms with Crippen LogP contribution >= 0.6 is 31.9 Å². The molecule has 0 radical (unpaired) electrons. The quantitative estimate of drug-likeness (QED) is 0.930. The minimum Gasteiger partial charge on any atom is -0.492 e. The van der Waals surface area contributed by atoms with Gasteiger partial charge in [0.2, 0.25) is 0 Å². The van der Waals surface area contributed by atoms with E-state index in [-0.39, 0.29) is 0 Å². The topological polar surface area (TPSA) is 35.2 Å². The third-order valence-corrected chi connectivity index (χ3v) is 2.14. The lowest BCUT2D eigenvalue weighted by molar-refractivity contribution is 0.328. The molecular formula is C8H9Br2NO. The Morgan fingerprint density at radius 2 is 1.75 bits per heavy atom. The van der Waals surface area contributed by atoms with Crippen LogP contribution in [0.15, 0.2) is 27.1 Å². The Morgan fingerprint density at radius 3 is 2.25 bits per heavy atom. The minimum absolute atomic E-state index is 0.532. The van der Waals surface area contributed by atoms with Crippen molar-refractivity contribution >= 4 is 31.9 Å². The molecule has 0 saturated carbocycles. The second-order valence-electron chi connectivity index (χ2n) is 2.24. The van der Waals surface area contributed by atoms with Gasteiger partial charge in [-0.15, -0.1) is 0 Å². The van der Waals surface area contributed by atoms with Gasteiger partial charge in [0.25, 0.3) is 0 Å². The average molecular weight is 295 g/mol. The number of hydrogen-bond acceptors (Lipinski definition) is 2. The van der Waals surface area contributed by atoms with Crippen LogP contribution in [0.3, 0.4) is 0 Å². The third kappa shape index (κ3) is 3.13. The van der Waals surface area contributed by atoms with E-state index in [2.05, 4.69) is 31.9 Å². The lowest BCUT2D eigenvalue weighted by Crippen LogP contribution is -2.10. The van der Waals surface area contributed by atoms with Crippen LogP contribution in [0, 0.1) is 0 Å². The summed E-state index contributed by atoms with van der Waals surface area (Å²) in [5, 5.41) is 0. The molecule has 0 aliphatic carbocycles. The molecule has 1 aromatic carbocycles. The van der Waals surface area contributed by atoms with Gasteiger partial charge in [-0.25, -0.2) is 0 Å². The minimum atomic E-state index is 0.532. The summed E-state index contributed by atoms with van der Waals surface area (Å²) in [6.45, 7) is 1.08. The van der Waals surface area contributed by atoms with Crippen LogP contribution in [0.25, 0.3) is 0 Å². The van der Waals surface area contributed by atoms with E-state index in [0.717, 1.165) is 14.7 Å². The predicted molar refractivity (Wildman–Crippen MR) is 56.4 cm³/mol.